The molecule has 1 atom stereocenters. The van der Waals surface area contributed by atoms with Gasteiger partial charge in [0.25, 0.3) is 5.69 Å². The zero-order valence-electron chi connectivity index (χ0n) is 22.7. The number of carbonyl (C=O) groups excluding carboxylic acids is 1. The van der Waals surface area contributed by atoms with Crippen LogP contribution in [0.5, 0.6) is 0 Å². The zero-order valence-corrected chi connectivity index (χ0v) is 22.7. The summed E-state index contributed by atoms with van der Waals surface area (Å²) >= 11 is 0. The second-order valence-corrected chi connectivity index (χ2v) is 10.4. The Bertz CT molecular complexity index is 1960. The van der Waals surface area contributed by atoms with E-state index in [0.29, 0.717) is 11.5 Å². The fourth-order valence-corrected chi connectivity index (χ4v) is 5.91. The van der Waals surface area contributed by atoms with Crippen LogP contribution in [0, 0.1) is 20.6 Å². The van der Waals surface area contributed by atoms with Crippen molar-refractivity contribution < 1.29 is 9.72 Å². The lowest BCUT2D eigenvalue weighted by atomic mass is 9.78. The summed E-state index contributed by atoms with van der Waals surface area (Å²) in [6, 6.07) is 26.7. The summed E-state index contributed by atoms with van der Waals surface area (Å²) in [5, 5.41) is 18.9. The Hall–Kier alpha value is -5.10. The first-order chi connectivity index (χ1) is 20.0. The Morgan fingerprint density at radius 1 is 0.927 bits per heavy atom. The molecule has 1 N–H and O–H groups in total. The number of non-ortho nitro benzene ring substituents is 1. The van der Waals surface area contributed by atoms with Crippen LogP contribution >= 0.6 is 0 Å². The summed E-state index contributed by atoms with van der Waals surface area (Å²) in [7, 11) is 0. The molecule has 0 saturated carbocycles. The fourth-order valence-electron chi connectivity index (χ4n) is 5.91. The van der Waals surface area contributed by atoms with Gasteiger partial charge in [0, 0.05) is 53.1 Å². The number of hydrogen-bond acceptors (Lipinski definition) is 5. The smallest absolute Gasteiger partial charge is 0.269 e. The van der Waals surface area contributed by atoms with Gasteiger partial charge in [0.2, 0.25) is 0 Å². The van der Waals surface area contributed by atoms with E-state index in [4.69, 9.17) is 0 Å². The summed E-state index contributed by atoms with van der Waals surface area (Å²) in [5.74, 6) is 0.361. The van der Waals surface area contributed by atoms with Crippen molar-refractivity contribution in [2.24, 2.45) is 4.99 Å². The first-order valence-corrected chi connectivity index (χ1v) is 13.8. The van der Waals surface area contributed by atoms with E-state index in [1.807, 2.05) is 36.7 Å². The molecule has 1 heterocycles. The summed E-state index contributed by atoms with van der Waals surface area (Å²) in [6.07, 6.45) is 10.2. The molecule has 2 aliphatic carbocycles. The van der Waals surface area contributed by atoms with Crippen LogP contribution < -0.4 is 15.8 Å². The third-order valence-corrected chi connectivity index (χ3v) is 7.97. The van der Waals surface area contributed by atoms with Gasteiger partial charge < -0.3 is 5.32 Å². The summed E-state index contributed by atoms with van der Waals surface area (Å²) in [4.78, 5) is 27.8. The second kappa shape index (κ2) is 11.2. The predicted octanol–water partition coefficient (Wildman–Crippen LogP) is 6.15. The van der Waals surface area contributed by atoms with Crippen LogP contribution in [0.25, 0.3) is 11.6 Å². The van der Waals surface area contributed by atoms with Crippen molar-refractivity contribution in [3.05, 3.63) is 151 Å². The minimum atomic E-state index is -0.445. The highest BCUT2D eigenvalue weighted by molar-refractivity contribution is 6.24. The Morgan fingerprint density at radius 2 is 1.68 bits per heavy atom. The highest BCUT2D eigenvalue weighted by Gasteiger charge is 2.25. The summed E-state index contributed by atoms with van der Waals surface area (Å²) < 4.78 is 0. The van der Waals surface area contributed by atoms with Crippen LogP contribution in [0.2, 0.25) is 0 Å². The molecule has 4 aromatic rings. The summed E-state index contributed by atoms with van der Waals surface area (Å²) in [5.41, 5.74) is 6.16. The van der Waals surface area contributed by atoms with Crippen molar-refractivity contribution in [2.45, 2.75) is 32.1 Å². The highest BCUT2D eigenvalue weighted by Crippen LogP contribution is 2.31. The molecule has 1 unspecified atom stereocenters. The number of fused-ring (bicyclic) bond motifs is 5. The first kappa shape index (κ1) is 26.1. The van der Waals surface area contributed by atoms with Gasteiger partial charge in [-0.3, -0.25) is 19.9 Å². The van der Waals surface area contributed by atoms with Crippen LogP contribution in [0.3, 0.4) is 0 Å². The topological polar surface area (TPSA) is 84.6 Å². The molecule has 0 bridgehead atoms. The van der Waals surface area contributed by atoms with E-state index in [1.165, 1.54) is 38.9 Å². The zero-order chi connectivity index (χ0) is 28.3. The van der Waals surface area contributed by atoms with Gasteiger partial charge in [0.15, 0.2) is 5.78 Å². The van der Waals surface area contributed by atoms with E-state index in [2.05, 4.69) is 59.7 Å². The van der Waals surface area contributed by atoms with Gasteiger partial charge in [-0.25, -0.2) is 0 Å². The molecular weight excluding hydrogens is 510 g/mol. The summed E-state index contributed by atoms with van der Waals surface area (Å²) in [6.45, 7) is 2.24. The van der Waals surface area contributed by atoms with Crippen molar-refractivity contribution in [2.75, 3.05) is 5.32 Å². The molecule has 0 fully saturated rings. The van der Waals surface area contributed by atoms with Gasteiger partial charge in [-0.05, 0) is 75.4 Å². The van der Waals surface area contributed by atoms with Crippen LogP contribution in [0.15, 0.2) is 102 Å². The van der Waals surface area contributed by atoms with Crippen molar-refractivity contribution in [3.8, 4) is 0 Å². The van der Waals surface area contributed by atoms with Crippen molar-refractivity contribution >= 4 is 35.0 Å². The molecule has 6 nitrogen and oxygen atoms in total. The molecule has 6 heteroatoms. The maximum Gasteiger partial charge on any atom is 0.269 e. The van der Waals surface area contributed by atoms with Gasteiger partial charge in [-0.2, -0.15) is 0 Å². The molecule has 0 spiro atoms. The maximum atomic E-state index is 13.3. The molecule has 0 radical (unpaired) electrons. The largest absolute Gasteiger partial charge is 0.360 e. The molecule has 41 heavy (non-hydrogen) atoms. The normalized spacial score (nSPS) is 15.8. The minimum absolute atomic E-state index is 0.00233. The number of nitrogens with one attached hydrogen (secondary N) is 1. The van der Waals surface area contributed by atoms with Gasteiger partial charge >= 0.3 is 0 Å². The predicted molar refractivity (Wildman–Crippen MR) is 163 cm³/mol. The van der Waals surface area contributed by atoms with Crippen molar-refractivity contribution in [3.63, 3.8) is 0 Å². The van der Waals surface area contributed by atoms with Gasteiger partial charge in [0.1, 0.15) is 0 Å². The Labute approximate surface area is 237 Å². The Kier molecular flexibility index (Phi) is 7.13. The Morgan fingerprint density at radius 3 is 2.51 bits per heavy atom. The number of benzene rings is 4. The number of carbonyl (C=O) groups is 1. The number of aliphatic imine (C=N–C) groups is 1. The number of nitro groups is 1. The van der Waals surface area contributed by atoms with Crippen LogP contribution in [0.4, 0.5) is 11.4 Å². The SMILES string of the molecule is C1=CNc2ccccc2C=N1.CC1CCC(C(=O)c2ccc([N+](=O)[O-])cc2)=c2ccc3c(c21)CC=c1ccccc1=3. The number of anilines is 1. The average molecular weight is 540 g/mol. The first-order valence-electron chi connectivity index (χ1n) is 13.8. The molecule has 0 aromatic heterocycles. The second-order valence-electron chi connectivity index (χ2n) is 10.4. The Balaban J connectivity index is 0.000000229. The van der Waals surface area contributed by atoms with E-state index >= 15 is 0 Å². The lowest BCUT2D eigenvalue weighted by Crippen LogP contribution is -2.27. The molecular formula is C35H29N3O3. The van der Waals surface area contributed by atoms with Gasteiger partial charge in [-0.1, -0.05) is 67.6 Å². The van der Waals surface area contributed by atoms with Crippen LogP contribution in [0.1, 0.15) is 52.7 Å². The lowest BCUT2D eigenvalue weighted by molar-refractivity contribution is -0.384. The van der Waals surface area contributed by atoms with Crippen molar-refractivity contribution in [1.82, 2.24) is 0 Å². The van der Waals surface area contributed by atoms with Crippen LogP contribution in [-0.4, -0.2) is 16.9 Å². The molecule has 202 valence electrons. The number of rotatable bonds is 3. The molecule has 3 aliphatic rings. The third kappa shape index (κ3) is 5.12. The van der Waals surface area contributed by atoms with E-state index < -0.39 is 4.92 Å². The standard InChI is InChI=1S/C26H21NO3.C9H8N2/c1-16-6-12-24(26(28)18-7-10-19(11-8-18)27(29)30)23-15-14-21-20-5-3-2-4-17(20)9-13-22(21)25(16)23;1-2-4-9-8(3-1)7-10-5-6-11-9/h2-5,7-11,14-16H,6,12-13H2,1H3;1-7,11H. The number of nitrogens with zero attached hydrogens (tertiary/aromatic N) is 2. The minimum Gasteiger partial charge on any atom is -0.360 e. The quantitative estimate of drug-likeness (QED) is 0.192. The highest BCUT2D eigenvalue weighted by atomic mass is 16.6. The van der Waals surface area contributed by atoms with Crippen LogP contribution in [-0.2, 0) is 6.42 Å². The molecule has 1 aliphatic heterocycles. The number of para-hydroxylation sites is 1. The van der Waals surface area contributed by atoms with E-state index in [-0.39, 0.29) is 11.5 Å². The molecule has 0 amide bonds. The van der Waals surface area contributed by atoms with Gasteiger partial charge in [0.05, 0.1) is 4.92 Å². The van der Waals surface area contributed by atoms with E-state index in [0.717, 1.165) is 41.3 Å². The molecule has 7 rings (SSSR count). The monoisotopic (exact) mass is 539 g/mol. The van der Waals surface area contributed by atoms with Gasteiger partial charge in [-0.15, -0.1) is 0 Å². The number of nitro benzene ring substituents is 1. The number of hydrogen-bond donors (Lipinski definition) is 1. The van der Waals surface area contributed by atoms with E-state index in [1.54, 1.807) is 18.3 Å². The van der Waals surface area contributed by atoms with Crippen molar-refractivity contribution in [1.29, 1.82) is 0 Å². The number of ketones is 1. The molecule has 4 aromatic carbocycles. The lowest BCUT2D eigenvalue weighted by Gasteiger charge is -2.25. The molecule has 0 saturated heterocycles. The number of Topliss-reactive ketones (excluding diaryl/α,β-unsaturated/α-hetero) is 1. The fraction of sp³-hybridized carbons (Fsp3) is 0.143. The maximum absolute atomic E-state index is 13.3. The van der Waals surface area contributed by atoms with E-state index in [9.17, 15) is 14.9 Å². The average Bonchev–Trinajstić information content (AvgIpc) is 3.27. The third-order valence-electron chi connectivity index (χ3n) is 7.97.